The van der Waals surface area contributed by atoms with Crippen molar-refractivity contribution >= 4 is 23.1 Å². The summed E-state index contributed by atoms with van der Waals surface area (Å²) >= 11 is 6.62. The van der Waals surface area contributed by atoms with E-state index in [-0.39, 0.29) is 0 Å². The molecule has 2 nitrogen and oxygen atoms in total. The second kappa shape index (κ2) is 1.53. The highest BCUT2D eigenvalue weighted by Gasteiger charge is 1.89. The maximum Gasteiger partial charge on any atom is 0.225 e. The summed E-state index contributed by atoms with van der Waals surface area (Å²) in [4.78, 5) is 0. The maximum absolute atomic E-state index is 5.38. The van der Waals surface area contributed by atoms with E-state index in [2.05, 4.69) is 9.59 Å². The summed E-state index contributed by atoms with van der Waals surface area (Å²) in [6, 6.07) is 0. The van der Waals surface area contributed by atoms with E-state index in [9.17, 15) is 0 Å². The molecule has 0 saturated carbocycles. The third-order valence-electron chi connectivity index (χ3n) is 0.364. The predicted octanol–water partition coefficient (Wildman–Crippen LogP) is 0.611. The van der Waals surface area contributed by atoms with Crippen LogP contribution in [0.2, 0.25) is 4.34 Å². The van der Waals surface area contributed by atoms with Crippen LogP contribution in [0, 0.1) is 0 Å². The Morgan fingerprint density at radius 2 is 2.83 bits per heavy atom. The lowest BCUT2D eigenvalue weighted by molar-refractivity contribution is -0.443. The van der Waals surface area contributed by atoms with Gasteiger partial charge in [0.25, 0.3) is 0 Å². The molecule has 4 heteroatoms. The molecule has 6 heavy (non-hydrogen) atoms. The summed E-state index contributed by atoms with van der Waals surface area (Å²) in [5.74, 6) is 0. The van der Waals surface area contributed by atoms with E-state index in [4.69, 9.17) is 11.6 Å². The number of aromatic amines is 1. The van der Waals surface area contributed by atoms with Crippen molar-refractivity contribution in [2.24, 2.45) is 0 Å². The van der Waals surface area contributed by atoms with Crippen molar-refractivity contribution in [1.29, 1.82) is 0 Å². The van der Waals surface area contributed by atoms with Gasteiger partial charge in [-0.3, -0.25) is 0 Å². The zero-order chi connectivity index (χ0) is 4.41. The Balaban J connectivity index is 3.05. The van der Waals surface area contributed by atoms with Crippen LogP contribution in [0.25, 0.3) is 0 Å². The molecular weight excluding hydrogens is 120 g/mol. The number of aromatic nitrogens is 2. The predicted molar refractivity (Wildman–Crippen MR) is 23.7 cm³/mol. The molecule has 0 aliphatic rings. The van der Waals surface area contributed by atoms with Gasteiger partial charge in [0.1, 0.15) is 0 Å². The van der Waals surface area contributed by atoms with Gasteiger partial charge in [0.2, 0.25) is 6.20 Å². The van der Waals surface area contributed by atoms with Gasteiger partial charge in [-0.1, -0.05) is 16.7 Å². The molecule has 0 fully saturated rings. The normalized spacial score (nSPS) is 8.83. The number of H-pyrrole nitrogens is 1. The fraction of sp³-hybridized carbons (Fsp3) is 0. The minimum atomic E-state index is 0.690. The van der Waals surface area contributed by atoms with Gasteiger partial charge >= 0.3 is 0 Å². The molecule has 0 aliphatic heterocycles. The lowest BCUT2D eigenvalue weighted by Gasteiger charge is -1.50. The first-order valence-corrected chi connectivity index (χ1v) is 2.53. The smallest absolute Gasteiger partial charge is 0.0928 e. The molecule has 1 aromatic rings. The van der Waals surface area contributed by atoms with Crippen LogP contribution in [0.15, 0.2) is 6.20 Å². The van der Waals surface area contributed by atoms with E-state index in [1.54, 1.807) is 6.20 Å². The first-order valence-electron chi connectivity index (χ1n) is 1.38. The molecule has 0 bridgehead atoms. The first kappa shape index (κ1) is 4.02. The van der Waals surface area contributed by atoms with Crippen LogP contribution in [-0.2, 0) is 0 Å². The molecule has 1 heterocycles. The lowest BCUT2D eigenvalue weighted by Crippen LogP contribution is -1.95. The van der Waals surface area contributed by atoms with Gasteiger partial charge in [0, 0.05) is 0 Å². The Morgan fingerprint density at radius 3 is 3.00 bits per heavy atom. The number of hydrogen-bond donors (Lipinski definition) is 0. The van der Waals surface area contributed by atoms with Crippen LogP contribution in [0.4, 0.5) is 0 Å². The van der Waals surface area contributed by atoms with Crippen LogP contribution in [0.3, 0.4) is 0 Å². The average molecular weight is 122 g/mol. The van der Waals surface area contributed by atoms with Gasteiger partial charge in [-0.15, -0.1) is 0 Å². The van der Waals surface area contributed by atoms with Crippen molar-refractivity contribution in [3.05, 3.63) is 10.5 Å². The van der Waals surface area contributed by atoms with E-state index in [0.717, 1.165) is 0 Å². The number of halogens is 1. The molecule has 0 amide bonds. The highest BCUT2D eigenvalue weighted by Crippen LogP contribution is 2.05. The third-order valence-corrected chi connectivity index (χ3v) is 1.17. The summed E-state index contributed by atoms with van der Waals surface area (Å²) in [5.41, 5.74) is 0. The molecule has 32 valence electrons. The van der Waals surface area contributed by atoms with E-state index in [1.807, 2.05) is 0 Å². The summed E-state index contributed by atoms with van der Waals surface area (Å²) in [6.45, 7) is 0. The van der Waals surface area contributed by atoms with Crippen molar-refractivity contribution < 1.29 is 5.10 Å². The standard InChI is InChI=1S/C2HClN2S/c3-2-1-4-5-6-2/h1H/p+1. The van der Waals surface area contributed by atoms with Gasteiger partial charge in [0.05, 0.1) is 16.0 Å². The van der Waals surface area contributed by atoms with E-state index in [0.29, 0.717) is 4.34 Å². The van der Waals surface area contributed by atoms with Crippen LogP contribution in [0.1, 0.15) is 0 Å². The van der Waals surface area contributed by atoms with Gasteiger partial charge in [-0.05, 0) is 0 Å². The SMILES string of the molecule is Clc1c[nH+]ns1. The monoisotopic (exact) mass is 121 g/mol. The Labute approximate surface area is 43.9 Å². The van der Waals surface area contributed by atoms with Crippen LogP contribution in [-0.4, -0.2) is 4.49 Å². The minimum absolute atomic E-state index is 0.690. The fourth-order valence-electron chi connectivity index (χ4n) is 0.173. The summed E-state index contributed by atoms with van der Waals surface area (Å²) in [6.07, 6.45) is 1.63. The maximum atomic E-state index is 5.38. The van der Waals surface area contributed by atoms with Gasteiger partial charge < -0.3 is 0 Å². The zero-order valence-electron chi connectivity index (χ0n) is 2.81. The highest BCUT2D eigenvalue weighted by molar-refractivity contribution is 7.10. The van der Waals surface area contributed by atoms with Crippen LogP contribution >= 0.6 is 23.1 Å². The molecule has 0 unspecified atom stereocenters. The molecule has 1 rings (SSSR count). The van der Waals surface area contributed by atoms with Crippen molar-refractivity contribution in [3.8, 4) is 0 Å². The van der Waals surface area contributed by atoms with Gasteiger partial charge in [-0.25, -0.2) is 0 Å². The topological polar surface area (TPSA) is 27.0 Å². The zero-order valence-corrected chi connectivity index (χ0v) is 4.38. The van der Waals surface area contributed by atoms with E-state index < -0.39 is 0 Å². The van der Waals surface area contributed by atoms with Crippen molar-refractivity contribution in [3.63, 3.8) is 0 Å². The quantitative estimate of drug-likeness (QED) is 0.494. The number of hydrogen-bond acceptors (Lipinski definition) is 2. The Kier molecular flexibility index (Phi) is 1.03. The molecule has 0 saturated heterocycles. The first-order chi connectivity index (χ1) is 2.89. The fourth-order valence-corrected chi connectivity index (χ4v) is 0.624. The van der Waals surface area contributed by atoms with Crippen molar-refractivity contribution in [2.75, 3.05) is 0 Å². The Morgan fingerprint density at radius 1 is 2.00 bits per heavy atom. The molecule has 1 aromatic heterocycles. The summed E-state index contributed by atoms with van der Waals surface area (Å²) < 4.78 is 4.30. The molecule has 0 aliphatic carbocycles. The lowest BCUT2D eigenvalue weighted by atomic mass is 11.0. The van der Waals surface area contributed by atoms with Crippen LogP contribution in [0.5, 0.6) is 0 Å². The molecule has 0 spiro atoms. The van der Waals surface area contributed by atoms with Gasteiger partial charge in [-0.2, -0.15) is 0 Å². The molecular formula is C2H2ClN2S+. The average Bonchev–Trinajstić information content (AvgIpc) is 1.86. The summed E-state index contributed by atoms with van der Waals surface area (Å²) in [5, 5.41) is 2.57. The van der Waals surface area contributed by atoms with Crippen molar-refractivity contribution in [1.82, 2.24) is 4.49 Å². The second-order valence-electron chi connectivity index (χ2n) is 0.760. The molecule has 1 N–H and O–H groups in total. The second-order valence-corrected chi connectivity index (χ2v) is 2.20. The van der Waals surface area contributed by atoms with Crippen LogP contribution < -0.4 is 5.10 Å². The van der Waals surface area contributed by atoms with E-state index in [1.165, 1.54) is 11.5 Å². The summed E-state index contributed by atoms with van der Waals surface area (Å²) in [7, 11) is 0. The minimum Gasteiger partial charge on any atom is -0.0928 e. The third kappa shape index (κ3) is 0.666. The van der Waals surface area contributed by atoms with Gasteiger partial charge in [0.15, 0.2) is 4.34 Å². The Hall–Kier alpha value is -0.150. The molecule has 0 radical (unpaired) electrons. The number of nitrogens with zero attached hydrogens (tertiary/aromatic N) is 1. The largest absolute Gasteiger partial charge is 0.225 e. The Bertz CT molecular complexity index is 115. The number of rotatable bonds is 0. The highest BCUT2D eigenvalue weighted by atomic mass is 35.5. The molecule has 0 atom stereocenters. The van der Waals surface area contributed by atoms with Crippen molar-refractivity contribution in [2.45, 2.75) is 0 Å². The van der Waals surface area contributed by atoms with E-state index >= 15 is 0 Å². The number of nitrogens with one attached hydrogen (secondary N) is 1. The molecule has 0 aromatic carbocycles.